The fourth-order valence-corrected chi connectivity index (χ4v) is 9.27. The Kier molecular flexibility index (Phi) is 13.7. The Labute approximate surface area is 393 Å². The van der Waals surface area contributed by atoms with Crippen molar-refractivity contribution in [2.75, 3.05) is 57.3 Å². The number of amides is 3. The summed E-state index contributed by atoms with van der Waals surface area (Å²) in [6, 6.07) is 25.1. The third-order valence-electron chi connectivity index (χ3n) is 13.2. The molecule has 0 aliphatic carbocycles. The Morgan fingerprint density at radius 2 is 1.60 bits per heavy atom. The van der Waals surface area contributed by atoms with Gasteiger partial charge < -0.3 is 14.5 Å². The molecule has 6 aromatic rings. The van der Waals surface area contributed by atoms with Crippen LogP contribution in [0.5, 0.6) is 5.75 Å². The van der Waals surface area contributed by atoms with Crippen molar-refractivity contribution in [1.29, 1.82) is 5.26 Å². The fourth-order valence-electron chi connectivity index (χ4n) is 9.27. The van der Waals surface area contributed by atoms with Crippen LogP contribution in [-0.2, 0) is 20.9 Å². The highest BCUT2D eigenvalue weighted by molar-refractivity contribution is 5.99. The van der Waals surface area contributed by atoms with E-state index < -0.39 is 11.9 Å². The van der Waals surface area contributed by atoms with E-state index >= 15 is 0 Å². The van der Waals surface area contributed by atoms with Crippen LogP contribution in [0.2, 0.25) is 0 Å². The number of piperazine rings is 1. The van der Waals surface area contributed by atoms with Crippen LogP contribution >= 0.6 is 0 Å². The second-order valence-electron chi connectivity index (χ2n) is 17.8. The topological polar surface area (TPSA) is 202 Å². The van der Waals surface area contributed by atoms with Gasteiger partial charge >= 0.3 is 0 Å². The van der Waals surface area contributed by atoms with Crippen molar-refractivity contribution in [1.82, 2.24) is 44.6 Å². The molecule has 3 amide bonds. The number of benzene rings is 3. The first-order chi connectivity index (χ1) is 33.1. The summed E-state index contributed by atoms with van der Waals surface area (Å²) >= 11 is 0. The van der Waals surface area contributed by atoms with Crippen molar-refractivity contribution in [3.05, 3.63) is 129 Å². The van der Waals surface area contributed by atoms with Gasteiger partial charge in [0.1, 0.15) is 6.04 Å². The zero-order valence-electron chi connectivity index (χ0n) is 38.1. The number of hydrogen-bond acceptors (Lipinski definition) is 13. The maximum atomic E-state index is 13.4. The third-order valence-corrected chi connectivity index (χ3v) is 13.2. The Hall–Kier alpha value is -7.58. The average molecular weight is 916 g/mol. The van der Waals surface area contributed by atoms with Crippen LogP contribution in [0, 0.1) is 24.2 Å². The normalized spacial score (nSPS) is 17.0. The summed E-state index contributed by atoms with van der Waals surface area (Å²) in [5.41, 5.74) is 4.66. The van der Waals surface area contributed by atoms with E-state index in [-0.39, 0.29) is 42.3 Å². The highest BCUT2D eigenvalue weighted by Gasteiger charge is 2.31. The van der Waals surface area contributed by atoms with Gasteiger partial charge in [-0.2, -0.15) is 15.5 Å². The predicted molar refractivity (Wildman–Crippen MR) is 255 cm³/mol. The second kappa shape index (κ2) is 20.5. The molecule has 348 valence electrons. The molecule has 68 heavy (non-hydrogen) atoms. The van der Waals surface area contributed by atoms with Gasteiger partial charge in [0, 0.05) is 80.4 Å². The number of carbonyl (C=O) groups excluding carboxylic acids is 3. The molecule has 3 aromatic heterocycles. The molecule has 6 heterocycles. The molecule has 17 heteroatoms. The molecular weight excluding hydrogens is 863 g/mol. The van der Waals surface area contributed by atoms with Gasteiger partial charge in [0.15, 0.2) is 11.6 Å². The van der Waals surface area contributed by atoms with Crippen LogP contribution in [0.1, 0.15) is 67.8 Å². The van der Waals surface area contributed by atoms with Crippen molar-refractivity contribution in [3.8, 4) is 34.5 Å². The number of likely N-dealkylation sites (tertiary alicyclic amines) is 1. The van der Waals surface area contributed by atoms with E-state index in [4.69, 9.17) is 4.74 Å². The Balaban J connectivity index is 0.675. The molecule has 1 unspecified atom stereocenters. The summed E-state index contributed by atoms with van der Waals surface area (Å²) in [4.78, 5) is 79.2. The molecule has 1 N–H and O–H groups in total. The van der Waals surface area contributed by atoms with Crippen LogP contribution in [0.15, 0.2) is 101 Å². The average Bonchev–Trinajstić information content (AvgIpc) is 3.37. The lowest BCUT2D eigenvalue weighted by Gasteiger charge is -2.36. The van der Waals surface area contributed by atoms with Crippen molar-refractivity contribution in [3.63, 3.8) is 0 Å². The molecule has 1 atom stereocenters. The molecule has 0 radical (unpaired) electrons. The SMILES string of the molecule is Cc1nn(C2CCC(=O)NC2=O)c(=O)c2ccc(N3CCN(CCCCC(=O)N4CCC(COc5cnc(-c6cccc(Cn7nc(-c8cccc(C#N)c8)ccc7=O)c6)nc5)CC4)CC3)cc12. The first kappa shape index (κ1) is 45.6. The van der Waals surface area contributed by atoms with Crippen LogP contribution in [0.4, 0.5) is 5.69 Å². The number of aromatic nitrogens is 6. The van der Waals surface area contributed by atoms with E-state index in [2.05, 4.69) is 41.4 Å². The van der Waals surface area contributed by atoms with Crippen molar-refractivity contribution in [2.24, 2.45) is 5.92 Å². The Bertz CT molecular complexity index is 3000. The molecule has 0 spiro atoms. The Morgan fingerprint density at radius 1 is 0.824 bits per heavy atom. The summed E-state index contributed by atoms with van der Waals surface area (Å²) in [6.45, 7) is 8.51. The summed E-state index contributed by atoms with van der Waals surface area (Å²) in [5.74, 6) is 0.836. The highest BCUT2D eigenvalue weighted by atomic mass is 16.5. The second-order valence-corrected chi connectivity index (χ2v) is 17.8. The molecule has 3 aliphatic heterocycles. The number of ether oxygens (including phenoxy) is 1. The minimum atomic E-state index is -0.798. The minimum Gasteiger partial charge on any atom is -0.490 e. The van der Waals surface area contributed by atoms with Crippen molar-refractivity contribution >= 4 is 34.2 Å². The predicted octanol–water partition coefficient (Wildman–Crippen LogP) is 4.89. The number of rotatable bonds is 14. The molecular formula is C51H53N11O6. The number of imide groups is 1. The summed E-state index contributed by atoms with van der Waals surface area (Å²) in [5, 5.41) is 21.9. The lowest BCUT2D eigenvalue weighted by Crippen LogP contribution is -2.46. The van der Waals surface area contributed by atoms with E-state index in [1.807, 2.05) is 60.4 Å². The van der Waals surface area contributed by atoms with Crippen molar-refractivity contribution < 1.29 is 19.1 Å². The maximum Gasteiger partial charge on any atom is 0.275 e. The lowest BCUT2D eigenvalue weighted by molar-refractivity contribution is -0.136. The third kappa shape index (κ3) is 10.5. The number of nitrogens with one attached hydrogen (secondary N) is 1. The molecule has 3 saturated heterocycles. The monoisotopic (exact) mass is 915 g/mol. The van der Waals surface area contributed by atoms with Crippen molar-refractivity contribution in [2.45, 2.75) is 64.5 Å². The van der Waals surface area contributed by atoms with Gasteiger partial charge in [0.25, 0.3) is 17.0 Å². The largest absolute Gasteiger partial charge is 0.490 e. The highest BCUT2D eigenvalue weighted by Crippen LogP contribution is 2.26. The summed E-state index contributed by atoms with van der Waals surface area (Å²) in [6.07, 6.45) is 7.88. The summed E-state index contributed by atoms with van der Waals surface area (Å²) < 4.78 is 8.73. The fraction of sp³-hybridized carbons (Fsp3) is 0.373. The molecule has 0 saturated carbocycles. The zero-order valence-corrected chi connectivity index (χ0v) is 38.1. The number of nitrogens with zero attached hydrogens (tertiary/aromatic N) is 10. The zero-order chi connectivity index (χ0) is 47.1. The van der Waals surface area contributed by atoms with Gasteiger partial charge in [-0.25, -0.2) is 19.3 Å². The van der Waals surface area contributed by atoms with E-state index in [0.29, 0.717) is 52.9 Å². The quantitative estimate of drug-likeness (QED) is 0.114. The molecule has 17 nitrogen and oxygen atoms in total. The standard InChI is InChI=1S/C51H53N11O6/c1-34-43-28-40(11-12-42(43)51(67)62(56-34)45-14-15-46(63)55-50(45)66)59-24-22-58(23-25-59)19-3-2-10-47(64)60-20-17-35(18-21-60)33-68-41-30-53-49(54-31-41)39-9-5-7-37(27-39)32-61-48(65)16-13-44(57-61)38-8-4-6-36(26-38)29-52/h4-9,11-13,16,26-28,30-31,35,45H,2-3,10,14-15,17-25,32-33H2,1H3,(H,55,63,66). The van der Waals surface area contributed by atoms with Crippen LogP contribution in [0.3, 0.4) is 0 Å². The number of unbranched alkanes of at least 4 members (excludes halogenated alkanes) is 1. The van der Waals surface area contributed by atoms with Gasteiger partial charge in [-0.15, -0.1) is 0 Å². The number of carbonyl (C=O) groups is 3. The minimum absolute atomic E-state index is 0.174. The lowest BCUT2D eigenvalue weighted by atomic mass is 9.97. The molecule has 3 fully saturated rings. The molecule has 3 aromatic carbocycles. The molecule has 9 rings (SSSR count). The van der Waals surface area contributed by atoms with Gasteiger partial charge in [-0.3, -0.25) is 34.2 Å². The first-order valence-corrected chi connectivity index (χ1v) is 23.3. The number of nitriles is 1. The van der Waals surface area contributed by atoms with Crippen LogP contribution in [0.25, 0.3) is 33.4 Å². The van der Waals surface area contributed by atoms with E-state index in [1.165, 1.54) is 15.4 Å². The number of aryl methyl sites for hydroxylation is 1. The van der Waals surface area contributed by atoms with Crippen LogP contribution < -0.4 is 26.1 Å². The van der Waals surface area contributed by atoms with Gasteiger partial charge in [0.05, 0.1) is 54.0 Å². The number of anilines is 1. The molecule has 0 bridgehead atoms. The number of piperidine rings is 2. The van der Waals surface area contributed by atoms with E-state index in [1.54, 1.807) is 36.7 Å². The van der Waals surface area contributed by atoms with E-state index in [9.17, 15) is 29.2 Å². The van der Waals surface area contributed by atoms with Gasteiger partial charge in [-0.1, -0.05) is 30.3 Å². The van der Waals surface area contributed by atoms with Gasteiger partial charge in [0.2, 0.25) is 11.8 Å². The summed E-state index contributed by atoms with van der Waals surface area (Å²) in [7, 11) is 0. The van der Waals surface area contributed by atoms with E-state index in [0.717, 1.165) is 99.3 Å². The van der Waals surface area contributed by atoms with Crippen LogP contribution in [-0.4, -0.2) is 109 Å². The number of hydrogen-bond donors (Lipinski definition) is 1. The smallest absolute Gasteiger partial charge is 0.275 e. The Morgan fingerprint density at radius 3 is 2.38 bits per heavy atom. The number of fused-ring (bicyclic) bond motifs is 1. The maximum absolute atomic E-state index is 13.4. The van der Waals surface area contributed by atoms with Gasteiger partial charge in [-0.05, 0) is 99.5 Å². The first-order valence-electron chi connectivity index (χ1n) is 23.3. The molecule has 3 aliphatic rings.